The average molecular weight is 420 g/mol. The van der Waals surface area contributed by atoms with Gasteiger partial charge in [-0.25, -0.2) is 4.39 Å². The van der Waals surface area contributed by atoms with Crippen molar-refractivity contribution >= 4 is 17.5 Å². The van der Waals surface area contributed by atoms with Crippen molar-refractivity contribution in [3.8, 4) is 12.1 Å². The number of hydrogen-bond acceptors (Lipinski definition) is 5. The fourth-order valence-electron chi connectivity index (χ4n) is 4.95. The summed E-state index contributed by atoms with van der Waals surface area (Å²) in [5, 5.41) is 20.7. The molecule has 0 radical (unpaired) electrons. The highest BCUT2D eigenvalue weighted by molar-refractivity contribution is 6.04. The molecule has 5 rings (SSSR count). The lowest BCUT2D eigenvalue weighted by Crippen LogP contribution is -2.44. The predicted molar refractivity (Wildman–Crippen MR) is 117 cm³/mol. The molecule has 0 aliphatic carbocycles. The van der Waals surface area contributed by atoms with Gasteiger partial charge in [0.25, 0.3) is 0 Å². The SMILES string of the molecule is N#CC1(C#N)[C@H](c2cccnc2)[C@@H](C(=O)c2ccc(F)cc2)N2c3ccccc3C=C[C@H]21. The van der Waals surface area contributed by atoms with Crippen molar-refractivity contribution in [1.82, 2.24) is 4.98 Å². The summed E-state index contributed by atoms with van der Waals surface area (Å²) in [5.74, 6) is -1.48. The summed E-state index contributed by atoms with van der Waals surface area (Å²) in [7, 11) is 0. The van der Waals surface area contributed by atoms with Gasteiger partial charge in [0.15, 0.2) is 11.2 Å². The Morgan fingerprint density at radius 2 is 1.78 bits per heavy atom. The fourth-order valence-corrected chi connectivity index (χ4v) is 4.95. The quantitative estimate of drug-likeness (QED) is 0.583. The number of carbonyl (C=O) groups excluding carboxylic acids is 1. The molecule has 3 aromatic rings. The zero-order valence-corrected chi connectivity index (χ0v) is 16.9. The van der Waals surface area contributed by atoms with E-state index in [4.69, 9.17) is 0 Å². The molecule has 2 aliphatic rings. The summed E-state index contributed by atoms with van der Waals surface area (Å²) < 4.78 is 13.5. The molecular formula is C26H17FN4O. The fraction of sp³-hybridized carbons (Fsp3) is 0.154. The minimum absolute atomic E-state index is 0.277. The van der Waals surface area contributed by atoms with Crippen molar-refractivity contribution in [3.05, 3.63) is 102 Å². The largest absolute Gasteiger partial charge is 0.351 e. The van der Waals surface area contributed by atoms with Crippen LogP contribution >= 0.6 is 0 Å². The Balaban J connectivity index is 1.78. The second-order valence-corrected chi connectivity index (χ2v) is 7.94. The van der Waals surface area contributed by atoms with E-state index in [9.17, 15) is 19.7 Å². The van der Waals surface area contributed by atoms with Gasteiger partial charge in [-0.1, -0.05) is 36.4 Å². The van der Waals surface area contributed by atoms with E-state index >= 15 is 0 Å². The number of pyridine rings is 1. The van der Waals surface area contributed by atoms with E-state index in [2.05, 4.69) is 17.1 Å². The van der Waals surface area contributed by atoms with Crippen molar-refractivity contribution in [2.45, 2.75) is 18.0 Å². The minimum Gasteiger partial charge on any atom is -0.351 e. The molecule has 5 nitrogen and oxygen atoms in total. The number of rotatable bonds is 3. The summed E-state index contributed by atoms with van der Waals surface area (Å²) in [6, 6.07) is 19.5. The zero-order valence-electron chi connectivity index (χ0n) is 16.9. The lowest BCUT2D eigenvalue weighted by Gasteiger charge is -2.35. The smallest absolute Gasteiger partial charge is 0.185 e. The van der Waals surface area contributed by atoms with Crippen molar-refractivity contribution in [2.75, 3.05) is 4.90 Å². The van der Waals surface area contributed by atoms with E-state index in [0.29, 0.717) is 11.1 Å². The summed E-state index contributed by atoms with van der Waals surface area (Å²) in [5.41, 5.74) is 1.12. The lowest BCUT2D eigenvalue weighted by atomic mass is 9.69. The number of benzene rings is 2. The molecule has 32 heavy (non-hydrogen) atoms. The zero-order chi connectivity index (χ0) is 22.3. The highest BCUT2D eigenvalue weighted by Gasteiger charge is 2.63. The third kappa shape index (κ3) is 2.74. The van der Waals surface area contributed by atoms with E-state index in [1.165, 1.54) is 24.3 Å². The summed E-state index contributed by atoms with van der Waals surface area (Å²) in [6.07, 6.45) is 6.94. The number of carbonyl (C=O) groups is 1. The molecule has 0 unspecified atom stereocenters. The maximum absolute atomic E-state index is 13.9. The second-order valence-electron chi connectivity index (χ2n) is 7.94. The standard InChI is InChI=1S/C26H17FN4O/c27-20-10-7-18(8-11-20)25(32)24-23(19-5-3-13-30-14-19)26(15-28,16-29)22-12-9-17-4-1-2-6-21(17)31(22)24/h1-14,22-24H/t22-,23+,24-/m0/s1. The first-order chi connectivity index (χ1) is 15.6. The summed E-state index contributed by atoms with van der Waals surface area (Å²) in [4.78, 5) is 20.0. The van der Waals surface area contributed by atoms with Gasteiger partial charge in [0.05, 0.1) is 18.2 Å². The first kappa shape index (κ1) is 19.7. The molecule has 3 atom stereocenters. The Kier molecular flexibility index (Phi) is 4.57. The Morgan fingerprint density at radius 3 is 2.47 bits per heavy atom. The van der Waals surface area contributed by atoms with Gasteiger partial charge in [-0.3, -0.25) is 9.78 Å². The molecule has 1 fully saturated rings. The number of nitrogens with zero attached hydrogens (tertiary/aromatic N) is 4. The van der Waals surface area contributed by atoms with Crippen LogP contribution in [-0.4, -0.2) is 22.9 Å². The van der Waals surface area contributed by atoms with Crippen LogP contribution in [0.2, 0.25) is 0 Å². The van der Waals surface area contributed by atoms with Gasteiger partial charge in [0, 0.05) is 29.6 Å². The van der Waals surface area contributed by atoms with Gasteiger partial charge in [-0.05, 0) is 47.5 Å². The van der Waals surface area contributed by atoms with E-state index in [1.54, 1.807) is 24.5 Å². The summed E-state index contributed by atoms with van der Waals surface area (Å²) in [6.45, 7) is 0. The van der Waals surface area contributed by atoms with Crippen LogP contribution in [0, 0.1) is 33.9 Å². The van der Waals surface area contributed by atoms with Crippen LogP contribution in [0.1, 0.15) is 27.4 Å². The molecule has 1 aromatic heterocycles. The van der Waals surface area contributed by atoms with Crippen LogP contribution < -0.4 is 4.90 Å². The predicted octanol–water partition coefficient (Wildman–Crippen LogP) is 4.50. The molecule has 6 heteroatoms. The number of fused-ring (bicyclic) bond motifs is 3. The van der Waals surface area contributed by atoms with Gasteiger partial charge in [0.2, 0.25) is 0 Å². The van der Waals surface area contributed by atoms with Crippen LogP contribution in [0.25, 0.3) is 6.08 Å². The number of halogens is 1. The molecule has 2 aliphatic heterocycles. The Morgan fingerprint density at radius 1 is 1.03 bits per heavy atom. The topological polar surface area (TPSA) is 80.8 Å². The Bertz CT molecular complexity index is 1290. The monoisotopic (exact) mass is 420 g/mol. The number of anilines is 1. The van der Waals surface area contributed by atoms with E-state index < -0.39 is 29.2 Å². The van der Waals surface area contributed by atoms with Gasteiger partial charge >= 0.3 is 0 Å². The number of ketones is 1. The summed E-state index contributed by atoms with van der Waals surface area (Å²) >= 11 is 0. The van der Waals surface area contributed by atoms with Crippen LogP contribution in [0.15, 0.2) is 79.1 Å². The number of para-hydroxylation sites is 1. The van der Waals surface area contributed by atoms with E-state index in [1.807, 2.05) is 41.3 Å². The number of Topliss-reactive ketones (excluding diaryl/α,β-unsaturated/α-hetero) is 1. The molecule has 2 aromatic carbocycles. The van der Waals surface area contributed by atoms with Crippen molar-refractivity contribution < 1.29 is 9.18 Å². The first-order valence-corrected chi connectivity index (χ1v) is 10.2. The third-order valence-electron chi connectivity index (χ3n) is 6.36. The van der Waals surface area contributed by atoms with E-state index in [-0.39, 0.29) is 5.78 Å². The van der Waals surface area contributed by atoms with Crippen LogP contribution in [0.4, 0.5) is 10.1 Å². The average Bonchev–Trinajstić information content (AvgIpc) is 3.15. The van der Waals surface area contributed by atoms with Gasteiger partial charge < -0.3 is 4.90 Å². The lowest BCUT2D eigenvalue weighted by molar-refractivity contribution is 0.0951. The van der Waals surface area contributed by atoms with Crippen LogP contribution in [0.3, 0.4) is 0 Å². The Labute approximate surface area is 184 Å². The molecule has 1 saturated heterocycles. The molecular weight excluding hydrogens is 403 g/mol. The van der Waals surface area contributed by atoms with Crippen molar-refractivity contribution in [3.63, 3.8) is 0 Å². The number of hydrogen-bond donors (Lipinski definition) is 0. The van der Waals surface area contributed by atoms with Gasteiger partial charge in [-0.2, -0.15) is 10.5 Å². The maximum atomic E-state index is 13.9. The van der Waals surface area contributed by atoms with Crippen molar-refractivity contribution in [2.24, 2.45) is 5.41 Å². The molecule has 0 amide bonds. The normalized spacial score (nSPS) is 22.3. The maximum Gasteiger partial charge on any atom is 0.185 e. The van der Waals surface area contributed by atoms with Gasteiger partial charge in [-0.15, -0.1) is 0 Å². The molecule has 0 N–H and O–H groups in total. The highest BCUT2D eigenvalue weighted by Crippen LogP contribution is 2.55. The number of aromatic nitrogens is 1. The minimum atomic E-state index is -1.52. The first-order valence-electron chi connectivity index (χ1n) is 10.2. The van der Waals surface area contributed by atoms with Crippen molar-refractivity contribution in [1.29, 1.82) is 10.5 Å². The van der Waals surface area contributed by atoms with Crippen LogP contribution in [-0.2, 0) is 0 Å². The third-order valence-corrected chi connectivity index (χ3v) is 6.36. The Hall–Kier alpha value is -4.29. The number of nitriles is 2. The molecule has 0 spiro atoms. The molecule has 154 valence electrons. The molecule has 3 heterocycles. The highest BCUT2D eigenvalue weighted by atomic mass is 19.1. The van der Waals surface area contributed by atoms with Gasteiger partial charge in [0.1, 0.15) is 11.9 Å². The second kappa shape index (κ2) is 7.44. The van der Waals surface area contributed by atoms with E-state index in [0.717, 1.165) is 11.3 Å². The molecule has 0 bridgehead atoms. The van der Waals surface area contributed by atoms with Crippen LogP contribution in [0.5, 0.6) is 0 Å². The molecule has 0 saturated carbocycles.